The van der Waals surface area contributed by atoms with Crippen molar-refractivity contribution >= 4 is 5.97 Å². The molecule has 0 unspecified atom stereocenters. The fourth-order valence-electron chi connectivity index (χ4n) is 0.729. The Morgan fingerprint density at radius 3 is 2.54 bits per heavy atom. The van der Waals surface area contributed by atoms with Crippen LogP contribution in [0.4, 0.5) is 0 Å². The van der Waals surface area contributed by atoms with Crippen LogP contribution >= 0.6 is 0 Å². The Kier molecular flexibility index (Phi) is 5.39. The number of ether oxygens (including phenoxy) is 1. The number of unbranched alkanes of at least 4 members (excludes halogenated alkanes) is 1. The summed E-state index contributed by atoms with van der Waals surface area (Å²) in [6, 6.07) is 0. The molecule has 13 heavy (non-hydrogen) atoms. The van der Waals surface area contributed by atoms with E-state index >= 15 is 0 Å². The van der Waals surface area contributed by atoms with Crippen LogP contribution in [0.5, 0.6) is 0 Å². The molecular weight excluding hydrogens is 166 g/mol. The number of esters is 1. The second-order valence-electron chi connectivity index (χ2n) is 4.12. The van der Waals surface area contributed by atoms with Gasteiger partial charge >= 0.3 is 5.97 Å². The van der Waals surface area contributed by atoms with Crippen molar-refractivity contribution < 1.29 is 14.0 Å². The molecule has 0 radical (unpaired) electrons. The SMILES string of the molecule is C=CCCCC(=O)OC[N+](C)(C)C. The van der Waals surface area contributed by atoms with Gasteiger partial charge in [0, 0.05) is 6.42 Å². The Morgan fingerprint density at radius 1 is 1.46 bits per heavy atom. The smallest absolute Gasteiger partial charge is 0.310 e. The van der Waals surface area contributed by atoms with Gasteiger partial charge in [-0.1, -0.05) is 6.08 Å². The van der Waals surface area contributed by atoms with Crippen LogP contribution in [0.15, 0.2) is 12.7 Å². The monoisotopic (exact) mass is 186 g/mol. The Labute approximate surface area is 80.6 Å². The van der Waals surface area contributed by atoms with E-state index in [2.05, 4.69) is 6.58 Å². The van der Waals surface area contributed by atoms with E-state index in [1.165, 1.54) is 0 Å². The van der Waals surface area contributed by atoms with E-state index in [0.717, 1.165) is 12.8 Å². The summed E-state index contributed by atoms with van der Waals surface area (Å²) in [5.41, 5.74) is 0. The molecule has 0 saturated heterocycles. The molecule has 0 heterocycles. The molecule has 0 aromatic carbocycles. The molecule has 0 bridgehead atoms. The molecule has 3 heteroatoms. The second-order valence-corrected chi connectivity index (χ2v) is 4.12. The zero-order valence-corrected chi connectivity index (χ0v) is 8.88. The number of nitrogens with zero attached hydrogens (tertiary/aromatic N) is 1. The summed E-state index contributed by atoms with van der Waals surface area (Å²) in [4.78, 5) is 11.1. The molecule has 0 fully saturated rings. The van der Waals surface area contributed by atoms with Gasteiger partial charge in [0.1, 0.15) is 0 Å². The number of carbonyl (C=O) groups is 1. The van der Waals surface area contributed by atoms with Gasteiger partial charge in [-0.3, -0.25) is 9.28 Å². The Hall–Kier alpha value is -0.830. The van der Waals surface area contributed by atoms with Crippen LogP contribution in [0, 0.1) is 0 Å². The lowest BCUT2D eigenvalue weighted by Crippen LogP contribution is -2.37. The van der Waals surface area contributed by atoms with E-state index in [1.54, 1.807) is 0 Å². The fourth-order valence-corrected chi connectivity index (χ4v) is 0.729. The van der Waals surface area contributed by atoms with E-state index in [0.29, 0.717) is 17.6 Å². The quantitative estimate of drug-likeness (QED) is 0.207. The molecule has 0 N–H and O–H groups in total. The third kappa shape index (κ3) is 9.08. The standard InChI is InChI=1S/C10H20NO2/c1-5-6-7-8-10(12)13-9-11(2,3)4/h5H,1,6-9H2,2-4H3/q+1. The zero-order chi connectivity index (χ0) is 10.3. The molecule has 0 aliphatic carbocycles. The molecule has 0 rings (SSSR count). The van der Waals surface area contributed by atoms with Crippen LogP contribution in [-0.4, -0.2) is 38.3 Å². The summed E-state index contributed by atoms with van der Waals surface area (Å²) in [6.45, 7) is 4.02. The first-order valence-electron chi connectivity index (χ1n) is 4.52. The lowest BCUT2D eigenvalue weighted by molar-refractivity contribution is -0.888. The second kappa shape index (κ2) is 5.75. The van der Waals surface area contributed by atoms with Crippen LogP contribution in [-0.2, 0) is 9.53 Å². The summed E-state index contributed by atoms with van der Waals surface area (Å²) in [5, 5.41) is 0. The molecule has 0 saturated carbocycles. The minimum absolute atomic E-state index is 0.116. The van der Waals surface area contributed by atoms with Crippen LogP contribution in [0.3, 0.4) is 0 Å². The van der Waals surface area contributed by atoms with E-state index in [1.807, 2.05) is 27.2 Å². The first-order chi connectivity index (χ1) is 5.95. The molecule has 0 spiro atoms. The molecule has 0 aliphatic rings. The minimum atomic E-state index is -0.116. The van der Waals surface area contributed by atoms with Crippen molar-refractivity contribution in [2.24, 2.45) is 0 Å². The highest BCUT2D eigenvalue weighted by molar-refractivity contribution is 5.69. The van der Waals surface area contributed by atoms with Gasteiger partial charge in [-0.2, -0.15) is 0 Å². The van der Waals surface area contributed by atoms with Crippen molar-refractivity contribution in [3.63, 3.8) is 0 Å². The van der Waals surface area contributed by atoms with Crippen LogP contribution in [0.1, 0.15) is 19.3 Å². The van der Waals surface area contributed by atoms with Crippen molar-refractivity contribution in [3.05, 3.63) is 12.7 Å². The number of quaternary nitrogens is 1. The number of hydrogen-bond acceptors (Lipinski definition) is 2. The molecule has 0 aromatic heterocycles. The van der Waals surface area contributed by atoms with Gasteiger partial charge in [-0.15, -0.1) is 6.58 Å². The third-order valence-electron chi connectivity index (χ3n) is 1.40. The highest BCUT2D eigenvalue weighted by Crippen LogP contribution is 1.99. The van der Waals surface area contributed by atoms with Crippen LogP contribution in [0.2, 0.25) is 0 Å². The predicted molar refractivity (Wildman–Crippen MR) is 53.0 cm³/mol. The van der Waals surface area contributed by atoms with Gasteiger partial charge in [-0.25, -0.2) is 0 Å². The van der Waals surface area contributed by atoms with Gasteiger partial charge in [-0.05, 0) is 12.8 Å². The first-order valence-corrected chi connectivity index (χ1v) is 4.52. The van der Waals surface area contributed by atoms with E-state index in [4.69, 9.17) is 4.74 Å². The molecule has 0 aliphatic heterocycles. The van der Waals surface area contributed by atoms with Crippen molar-refractivity contribution in [2.75, 3.05) is 27.9 Å². The Bertz CT molecular complexity index is 170. The zero-order valence-electron chi connectivity index (χ0n) is 8.88. The minimum Gasteiger partial charge on any atom is -0.415 e. The van der Waals surface area contributed by atoms with Crippen molar-refractivity contribution in [1.82, 2.24) is 0 Å². The maximum atomic E-state index is 11.1. The lowest BCUT2D eigenvalue weighted by Gasteiger charge is -2.22. The van der Waals surface area contributed by atoms with Crippen molar-refractivity contribution in [2.45, 2.75) is 19.3 Å². The number of carbonyl (C=O) groups excluding carboxylic acids is 1. The summed E-state index contributed by atoms with van der Waals surface area (Å²) < 4.78 is 5.70. The first kappa shape index (κ1) is 12.2. The maximum Gasteiger partial charge on any atom is 0.310 e. The average molecular weight is 186 g/mol. The normalized spacial score (nSPS) is 11.0. The van der Waals surface area contributed by atoms with E-state index in [-0.39, 0.29) is 5.97 Å². The van der Waals surface area contributed by atoms with Crippen LogP contribution < -0.4 is 0 Å². The largest absolute Gasteiger partial charge is 0.415 e. The van der Waals surface area contributed by atoms with Crippen molar-refractivity contribution in [1.29, 1.82) is 0 Å². The van der Waals surface area contributed by atoms with Gasteiger partial charge < -0.3 is 4.74 Å². The van der Waals surface area contributed by atoms with Crippen molar-refractivity contribution in [3.8, 4) is 0 Å². The van der Waals surface area contributed by atoms with Gasteiger partial charge in [0.05, 0.1) is 21.1 Å². The summed E-state index contributed by atoms with van der Waals surface area (Å²) in [5.74, 6) is -0.116. The highest BCUT2D eigenvalue weighted by Gasteiger charge is 2.10. The molecule has 0 aromatic rings. The average Bonchev–Trinajstić information content (AvgIpc) is 2.00. The lowest BCUT2D eigenvalue weighted by atomic mass is 10.2. The number of allylic oxidation sites excluding steroid dienone is 1. The van der Waals surface area contributed by atoms with Gasteiger partial charge in [0.15, 0.2) is 0 Å². The van der Waals surface area contributed by atoms with E-state index < -0.39 is 0 Å². The van der Waals surface area contributed by atoms with Crippen LogP contribution in [0.25, 0.3) is 0 Å². The summed E-state index contributed by atoms with van der Waals surface area (Å²) in [7, 11) is 5.95. The molecular formula is C10H20NO2+. The molecule has 3 nitrogen and oxygen atoms in total. The molecule has 76 valence electrons. The molecule has 0 atom stereocenters. The van der Waals surface area contributed by atoms with Gasteiger partial charge in [0.25, 0.3) is 0 Å². The fraction of sp³-hybridized carbons (Fsp3) is 0.700. The Morgan fingerprint density at radius 2 is 2.08 bits per heavy atom. The predicted octanol–water partition coefficient (Wildman–Crippen LogP) is 1.55. The third-order valence-corrected chi connectivity index (χ3v) is 1.40. The number of rotatable bonds is 6. The molecule has 0 amide bonds. The Balaban J connectivity index is 3.46. The topological polar surface area (TPSA) is 26.3 Å². The summed E-state index contributed by atoms with van der Waals surface area (Å²) in [6.07, 6.45) is 4.01. The highest BCUT2D eigenvalue weighted by atomic mass is 16.5. The van der Waals surface area contributed by atoms with Gasteiger partial charge in [0.2, 0.25) is 6.73 Å². The van der Waals surface area contributed by atoms with E-state index in [9.17, 15) is 4.79 Å². The summed E-state index contributed by atoms with van der Waals surface area (Å²) >= 11 is 0. The number of hydrogen-bond donors (Lipinski definition) is 0. The maximum absolute atomic E-state index is 11.1.